The number of ether oxygens (including phenoxy) is 1. The van der Waals surface area contributed by atoms with Crippen LogP contribution in [0.25, 0.3) is 0 Å². The molecule has 0 radical (unpaired) electrons. The van der Waals surface area contributed by atoms with E-state index in [1.807, 2.05) is 11.1 Å². The van der Waals surface area contributed by atoms with Crippen molar-refractivity contribution < 1.29 is 9.53 Å². The molecule has 1 aromatic rings. The van der Waals surface area contributed by atoms with E-state index in [2.05, 4.69) is 35.9 Å². The normalized spacial score (nSPS) is 17.5. The summed E-state index contributed by atoms with van der Waals surface area (Å²) in [5.41, 5.74) is 2.37. The molecule has 0 saturated carbocycles. The Morgan fingerprint density at radius 3 is 2.76 bits per heavy atom. The van der Waals surface area contributed by atoms with E-state index in [0.29, 0.717) is 19.7 Å². The highest BCUT2D eigenvalue weighted by atomic mass is 16.5. The van der Waals surface area contributed by atoms with Gasteiger partial charge in [0.05, 0.1) is 19.3 Å². The lowest BCUT2D eigenvalue weighted by atomic mass is 9.89. The van der Waals surface area contributed by atoms with E-state index in [1.165, 1.54) is 5.56 Å². The van der Waals surface area contributed by atoms with E-state index in [9.17, 15) is 4.79 Å². The molecule has 2 heterocycles. The Kier molecular flexibility index (Phi) is 5.00. The zero-order valence-electron chi connectivity index (χ0n) is 13.5. The van der Waals surface area contributed by atoms with Crippen LogP contribution in [0.15, 0.2) is 6.20 Å². The maximum Gasteiger partial charge on any atom is 0.236 e. The molecule has 1 fully saturated rings. The minimum atomic E-state index is 0.0378. The second-order valence-electron chi connectivity index (χ2n) is 6.60. The highest BCUT2D eigenvalue weighted by molar-refractivity contribution is 5.79. The molecule has 1 aliphatic heterocycles. The number of hydrogen-bond acceptors (Lipinski definition) is 4. The van der Waals surface area contributed by atoms with Crippen LogP contribution in [0.1, 0.15) is 32.0 Å². The fraction of sp³-hybridized carbons (Fsp3) is 0.733. The van der Waals surface area contributed by atoms with Gasteiger partial charge in [-0.25, -0.2) is 0 Å². The second-order valence-corrected chi connectivity index (χ2v) is 6.60. The van der Waals surface area contributed by atoms with Crippen molar-refractivity contribution in [2.24, 2.45) is 0 Å². The van der Waals surface area contributed by atoms with Gasteiger partial charge in [-0.05, 0) is 0 Å². The zero-order chi connectivity index (χ0) is 15.5. The summed E-state index contributed by atoms with van der Waals surface area (Å²) in [7, 11) is 1.66. The second kappa shape index (κ2) is 6.58. The monoisotopic (exact) mass is 294 g/mol. The Hall–Kier alpha value is -1.40. The van der Waals surface area contributed by atoms with Crippen LogP contribution in [0.2, 0.25) is 0 Å². The molecule has 1 N–H and O–H groups in total. The summed E-state index contributed by atoms with van der Waals surface area (Å²) < 4.78 is 5.04. The molecule has 1 aliphatic rings. The first-order valence-corrected chi connectivity index (χ1v) is 7.43. The molecule has 1 saturated heterocycles. The summed E-state index contributed by atoms with van der Waals surface area (Å²) in [5, 5.41) is 7.26. The number of hydrogen-bond donors (Lipinski definition) is 1. The van der Waals surface area contributed by atoms with E-state index in [-0.39, 0.29) is 11.3 Å². The van der Waals surface area contributed by atoms with Gasteiger partial charge in [0.15, 0.2) is 0 Å². The third kappa shape index (κ3) is 4.04. The van der Waals surface area contributed by atoms with E-state index in [0.717, 1.165) is 25.3 Å². The molecule has 0 spiro atoms. The van der Waals surface area contributed by atoms with Gasteiger partial charge in [0.1, 0.15) is 0 Å². The predicted molar refractivity (Wildman–Crippen MR) is 81.0 cm³/mol. The molecule has 0 unspecified atom stereocenters. The third-order valence-electron chi connectivity index (χ3n) is 3.82. The minimum absolute atomic E-state index is 0.0378. The molecule has 1 amide bonds. The first-order chi connectivity index (χ1) is 9.91. The van der Waals surface area contributed by atoms with Crippen LogP contribution in [-0.2, 0) is 21.5 Å². The number of aromatic nitrogens is 2. The van der Waals surface area contributed by atoms with Crippen molar-refractivity contribution in [3.63, 3.8) is 0 Å². The van der Waals surface area contributed by atoms with Crippen molar-refractivity contribution in [2.75, 3.05) is 39.9 Å². The number of rotatable bonds is 5. The van der Waals surface area contributed by atoms with Gasteiger partial charge < -0.3 is 9.64 Å². The Labute approximate surface area is 126 Å². The molecule has 6 nitrogen and oxygen atoms in total. The third-order valence-corrected chi connectivity index (χ3v) is 3.82. The first kappa shape index (κ1) is 16.0. The van der Waals surface area contributed by atoms with E-state index >= 15 is 0 Å². The summed E-state index contributed by atoms with van der Waals surface area (Å²) in [4.78, 5) is 16.2. The number of carbonyl (C=O) groups excluding carboxylic acids is 1. The first-order valence-electron chi connectivity index (χ1n) is 7.43. The lowest BCUT2D eigenvalue weighted by Gasteiger charge is -2.34. The highest BCUT2D eigenvalue weighted by Gasteiger charge is 2.26. The maximum atomic E-state index is 12.1. The van der Waals surface area contributed by atoms with Gasteiger partial charge in [-0.15, -0.1) is 0 Å². The molecular weight excluding hydrogens is 268 g/mol. The maximum absolute atomic E-state index is 12.1. The average Bonchev–Trinajstić information content (AvgIpc) is 2.86. The van der Waals surface area contributed by atoms with E-state index in [1.54, 1.807) is 7.11 Å². The predicted octanol–water partition coefficient (Wildman–Crippen LogP) is 0.998. The van der Waals surface area contributed by atoms with Crippen molar-refractivity contribution in [1.82, 2.24) is 20.0 Å². The fourth-order valence-corrected chi connectivity index (χ4v) is 2.65. The molecule has 21 heavy (non-hydrogen) atoms. The Balaban J connectivity index is 1.94. The Bertz CT molecular complexity index is 478. The van der Waals surface area contributed by atoms with Gasteiger partial charge in [-0.1, -0.05) is 20.8 Å². The number of H-pyrrole nitrogens is 1. The Morgan fingerprint density at radius 1 is 1.38 bits per heavy atom. The minimum Gasteiger partial charge on any atom is -0.383 e. The molecule has 6 heteroatoms. The number of piperazine rings is 1. The zero-order valence-corrected chi connectivity index (χ0v) is 13.5. The number of methoxy groups -OCH3 is 1. The lowest BCUT2D eigenvalue weighted by Crippen LogP contribution is -2.50. The molecule has 0 aromatic carbocycles. The molecule has 0 aliphatic carbocycles. The van der Waals surface area contributed by atoms with Gasteiger partial charge in [0, 0.05) is 50.0 Å². The number of amides is 1. The van der Waals surface area contributed by atoms with Crippen LogP contribution in [0.3, 0.4) is 0 Å². The van der Waals surface area contributed by atoms with Gasteiger partial charge in [-0.2, -0.15) is 5.10 Å². The number of aromatic amines is 1. The number of nitrogens with zero attached hydrogens (tertiary/aromatic N) is 3. The quantitative estimate of drug-likeness (QED) is 0.880. The number of nitrogens with one attached hydrogen (secondary N) is 1. The summed E-state index contributed by atoms with van der Waals surface area (Å²) in [6, 6.07) is 0. The van der Waals surface area contributed by atoms with Crippen LogP contribution in [0.5, 0.6) is 0 Å². The Morgan fingerprint density at radius 2 is 2.14 bits per heavy atom. The van der Waals surface area contributed by atoms with Crippen molar-refractivity contribution in [3.05, 3.63) is 17.5 Å². The summed E-state index contributed by atoms with van der Waals surface area (Å²) in [6.45, 7) is 10.7. The smallest absolute Gasteiger partial charge is 0.236 e. The van der Waals surface area contributed by atoms with Crippen molar-refractivity contribution >= 4 is 5.91 Å². The van der Waals surface area contributed by atoms with E-state index in [4.69, 9.17) is 4.74 Å². The molecular formula is C15H26N4O2. The van der Waals surface area contributed by atoms with Gasteiger partial charge in [0.25, 0.3) is 0 Å². The van der Waals surface area contributed by atoms with Crippen LogP contribution in [-0.4, -0.2) is 65.8 Å². The van der Waals surface area contributed by atoms with Gasteiger partial charge >= 0.3 is 0 Å². The molecule has 0 bridgehead atoms. The fourth-order valence-electron chi connectivity index (χ4n) is 2.65. The average molecular weight is 294 g/mol. The molecule has 118 valence electrons. The van der Waals surface area contributed by atoms with Crippen molar-refractivity contribution in [2.45, 2.75) is 32.7 Å². The van der Waals surface area contributed by atoms with Crippen LogP contribution in [0, 0.1) is 0 Å². The van der Waals surface area contributed by atoms with Crippen molar-refractivity contribution in [3.8, 4) is 0 Å². The van der Waals surface area contributed by atoms with Gasteiger partial charge in [0.2, 0.25) is 5.91 Å². The molecule has 2 rings (SSSR count). The lowest BCUT2D eigenvalue weighted by molar-refractivity contribution is -0.136. The number of carbonyl (C=O) groups is 1. The van der Waals surface area contributed by atoms with E-state index < -0.39 is 0 Å². The van der Waals surface area contributed by atoms with Gasteiger partial charge in [-0.3, -0.25) is 14.8 Å². The van der Waals surface area contributed by atoms with Crippen LogP contribution in [0.4, 0.5) is 0 Å². The van der Waals surface area contributed by atoms with Crippen LogP contribution < -0.4 is 0 Å². The topological polar surface area (TPSA) is 61.5 Å². The summed E-state index contributed by atoms with van der Waals surface area (Å²) in [6.07, 6.45) is 1.88. The SMILES string of the molecule is COCCN1CCN(Cc2cn[nH]c2C(C)(C)C)CC1=O. The largest absolute Gasteiger partial charge is 0.383 e. The summed E-state index contributed by atoms with van der Waals surface area (Å²) >= 11 is 0. The van der Waals surface area contributed by atoms with Crippen LogP contribution >= 0.6 is 0 Å². The molecule has 1 aromatic heterocycles. The standard InChI is InChI=1S/C15H26N4O2/c1-15(2,3)14-12(9-16-17-14)10-18-5-6-19(7-8-21-4)13(20)11-18/h9H,5-8,10-11H2,1-4H3,(H,16,17). The molecule has 0 atom stereocenters. The summed E-state index contributed by atoms with van der Waals surface area (Å²) in [5.74, 6) is 0.180. The van der Waals surface area contributed by atoms with Crippen molar-refractivity contribution in [1.29, 1.82) is 0 Å². The highest BCUT2D eigenvalue weighted by Crippen LogP contribution is 2.24.